The molecule has 0 unspecified atom stereocenters. The van der Waals surface area contributed by atoms with Gasteiger partial charge in [-0.1, -0.05) is 0 Å². The summed E-state index contributed by atoms with van der Waals surface area (Å²) in [6, 6.07) is 0.00692. The lowest BCUT2D eigenvalue weighted by Gasteiger charge is -2.14. The van der Waals surface area contributed by atoms with Gasteiger partial charge in [0.15, 0.2) is 0 Å². The number of sulfone groups is 1. The van der Waals surface area contributed by atoms with E-state index in [-0.39, 0.29) is 17.7 Å². The molecule has 1 aromatic heterocycles. The first-order valence-corrected chi connectivity index (χ1v) is 6.93. The van der Waals surface area contributed by atoms with Gasteiger partial charge in [-0.05, 0) is 13.8 Å². The maximum absolute atomic E-state index is 11.6. The molecule has 0 spiro atoms. The first-order chi connectivity index (χ1) is 7.30. The summed E-state index contributed by atoms with van der Waals surface area (Å²) in [4.78, 5) is 4.11. The van der Waals surface area contributed by atoms with E-state index in [1.807, 2.05) is 13.8 Å². The molecule has 1 aromatic rings. The molecule has 0 fully saturated rings. The van der Waals surface area contributed by atoms with Crippen molar-refractivity contribution in [3.05, 3.63) is 11.4 Å². The second kappa shape index (κ2) is 3.54. The minimum atomic E-state index is -3.32. The highest BCUT2D eigenvalue weighted by atomic mass is 32.2. The Balaban J connectivity index is 2.63. The number of rotatable bonds is 2. The Morgan fingerprint density at radius 2 is 2.00 bits per heavy atom. The molecule has 2 rings (SSSR count). The lowest BCUT2D eigenvalue weighted by Crippen LogP contribution is -2.17. The highest BCUT2D eigenvalue weighted by Crippen LogP contribution is 2.27. The molecule has 1 aliphatic rings. The van der Waals surface area contributed by atoms with E-state index in [0.29, 0.717) is 12.2 Å². The topological polar surface area (TPSA) is 75.4 Å². The van der Waals surface area contributed by atoms with E-state index in [4.69, 9.17) is 0 Å². The Morgan fingerprint density at radius 1 is 1.38 bits per heavy atom. The summed E-state index contributed by atoms with van der Waals surface area (Å²) >= 11 is 0. The molecule has 2 heterocycles. The van der Waals surface area contributed by atoms with Gasteiger partial charge in [0.2, 0.25) is 15.0 Å². The molecule has 16 heavy (non-hydrogen) atoms. The Hall–Kier alpha value is -0.920. The number of imidazole rings is 1. The maximum Gasteiger partial charge on any atom is 0.228 e. The van der Waals surface area contributed by atoms with Crippen molar-refractivity contribution in [1.82, 2.24) is 14.6 Å². The van der Waals surface area contributed by atoms with Crippen molar-refractivity contribution in [3.63, 3.8) is 0 Å². The number of nitrogens with zero attached hydrogens (tertiary/aromatic N) is 3. The Kier molecular flexibility index (Phi) is 2.56. The summed E-state index contributed by atoms with van der Waals surface area (Å²) in [7, 11) is -3.32. The number of fused-ring (bicyclic) bond motifs is 1. The largest absolute Gasteiger partial charge is 0.315 e. The predicted molar refractivity (Wildman–Crippen MR) is 56.8 cm³/mol. The molecule has 0 radical (unpaired) electrons. The second-order valence-corrected chi connectivity index (χ2v) is 6.26. The van der Waals surface area contributed by atoms with Crippen molar-refractivity contribution >= 4 is 9.84 Å². The van der Waals surface area contributed by atoms with Crippen LogP contribution in [0.3, 0.4) is 0 Å². The van der Waals surface area contributed by atoms with E-state index in [1.54, 1.807) is 4.57 Å². The molecule has 0 bridgehead atoms. The first-order valence-electron chi connectivity index (χ1n) is 5.04. The highest BCUT2D eigenvalue weighted by Gasteiger charge is 2.30. The molecule has 0 saturated heterocycles. The number of hydrogen-bond donors (Lipinski definition) is 1. The smallest absolute Gasteiger partial charge is 0.228 e. The molecule has 6 nitrogen and oxygen atoms in total. The fourth-order valence-electron chi connectivity index (χ4n) is 1.98. The van der Waals surface area contributed by atoms with Crippen LogP contribution in [0.15, 0.2) is 5.16 Å². The van der Waals surface area contributed by atoms with E-state index in [1.165, 1.54) is 0 Å². The van der Waals surface area contributed by atoms with Crippen LogP contribution in [0.2, 0.25) is 0 Å². The zero-order chi connectivity index (χ0) is 12.1. The molecule has 0 saturated carbocycles. The third kappa shape index (κ3) is 1.74. The summed E-state index contributed by atoms with van der Waals surface area (Å²) in [6.07, 6.45) is 1.15. The van der Waals surface area contributed by atoms with Crippen molar-refractivity contribution in [2.45, 2.75) is 38.1 Å². The number of aromatic nitrogens is 2. The van der Waals surface area contributed by atoms with Crippen LogP contribution in [-0.2, 0) is 22.9 Å². The lowest BCUT2D eigenvalue weighted by atomic mass is 10.3. The van der Waals surface area contributed by atoms with Gasteiger partial charge in [0.05, 0.1) is 24.5 Å². The zero-order valence-electron chi connectivity index (χ0n) is 9.51. The van der Waals surface area contributed by atoms with Crippen LogP contribution in [0.5, 0.6) is 0 Å². The Bertz CT molecular complexity index is 518. The summed E-state index contributed by atoms with van der Waals surface area (Å²) < 4.78 is 24.9. The van der Waals surface area contributed by atoms with E-state index in [9.17, 15) is 13.6 Å². The van der Waals surface area contributed by atoms with Gasteiger partial charge < -0.3 is 9.77 Å². The quantitative estimate of drug-likeness (QED) is 0.824. The maximum atomic E-state index is 11.6. The van der Waals surface area contributed by atoms with Gasteiger partial charge in [-0.25, -0.2) is 13.4 Å². The SMILES string of the molecule is CC(C)n1c(S(C)(=O)=O)nc2c1CN(O)C2. The minimum absolute atomic E-state index is 0.00692. The van der Waals surface area contributed by atoms with Crippen molar-refractivity contribution in [2.75, 3.05) is 6.26 Å². The fourth-order valence-corrected chi connectivity index (χ4v) is 2.93. The normalized spacial score (nSPS) is 17.1. The summed E-state index contributed by atoms with van der Waals surface area (Å²) in [5, 5.41) is 10.6. The summed E-state index contributed by atoms with van der Waals surface area (Å²) in [5.41, 5.74) is 1.44. The second-order valence-electron chi connectivity index (χ2n) is 4.35. The minimum Gasteiger partial charge on any atom is -0.315 e. The van der Waals surface area contributed by atoms with Crippen LogP contribution in [0.1, 0.15) is 31.3 Å². The molecule has 90 valence electrons. The Labute approximate surface area is 94.4 Å². The predicted octanol–water partition coefficient (Wildman–Crippen LogP) is 0.572. The van der Waals surface area contributed by atoms with Gasteiger partial charge in [-0.3, -0.25) is 0 Å². The van der Waals surface area contributed by atoms with E-state index < -0.39 is 9.84 Å². The van der Waals surface area contributed by atoms with Crippen LogP contribution < -0.4 is 0 Å². The molecule has 1 aliphatic heterocycles. The van der Waals surface area contributed by atoms with E-state index in [0.717, 1.165) is 17.0 Å². The highest BCUT2D eigenvalue weighted by molar-refractivity contribution is 7.90. The Morgan fingerprint density at radius 3 is 2.50 bits per heavy atom. The summed E-state index contributed by atoms with van der Waals surface area (Å²) in [6.45, 7) is 4.42. The van der Waals surface area contributed by atoms with Crippen molar-refractivity contribution in [1.29, 1.82) is 0 Å². The van der Waals surface area contributed by atoms with Crippen LogP contribution in [0.4, 0.5) is 0 Å². The van der Waals surface area contributed by atoms with Crippen molar-refractivity contribution in [2.24, 2.45) is 0 Å². The van der Waals surface area contributed by atoms with Crippen LogP contribution in [0, 0.1) is 0 Å². The van der Waals surface area contributed by atoms with Gasteiger partial charge in [0.1, 0.15) is 0 Å². The molecule has 0 aromatic carbocycles. The molecule has 0 aliphatic carbocycles. The van der Waals surface area contributed by atoms with E-state index >= 15 is 0 Å². The van der Waals surface area contributed by atoms with Crippen LogP contribution in [-0.4, -0.2) is 34.5 Å². The van der Waals surface area contributed by atoms with Gasteiger partial charge in [-0.2, -0.15) is 5.06 Å². The standard InChI is InChI=1S/C9H15N3O3S/c1-6(2)12-8-5-11(13)4-7(8)10-9(12)16(3,14)15/h6,13H,4-5H2,1-3H3. The first kappa shape index (κ1) is 11.6. The molecule has 1 N–H and O–H groups in total. The molecule has 0 amide bonds. The monoisotopic (exact) mass is 245 g/mol. The fraction of sp³-hybridized carbons (Fsp3) is 0.667. The zero-order valence-corrected chi connectivity index (χ0v) is 10.3. The lowest BCUT2D eigenvalue weighted by molar-refractivity contribution is -0.0989. The van der Waals surface area contributed by atoms with Crippen LogP contribution in [0.25, 0.3) is 0 Å². The third-order valence-corrected chi connectivity index (χ3v) is 3.52. The average Bonchev–Trinajstić information content (AvgIpc) is 2.56. The molecule has 0 atom stereocenters. The average molecular weight is 245 g/mol. The van der Waals surface area contributed by atoms with Gasteiger partial charge in [0, 0.05) is 12.3 Å². The number of hydroxylamine groups is 2. The van der Waals surface area contributed by atoms with Gasteiger partial charge >= 0.3 is 0 Å². The molecular weight excluding hydrogens is 230 g/mol. The van der Waals surface area contributed by atoms with Gasteiger partial charge in [-0.15, -0.1) is 0 Å². The van der Waals surface area contributed by atoms with Crippen LogP contribution >= 0.6 is 0 Å². The summed E-state index contributed by atoms with van der Waals surface area (Å²) in [5.74, 6) is 0. The van der Waals surface area contributed by atoms with Gasteiger partial charge in [0.25, 0.3) is 0 Å². The van der Waals surface area contributed by atoms with E-state index in [2.05, 4.69) is 4.98 Å². The third-order valence-electron chi connectivity index (χ3n) is 2.57. The molecule has 7 heteroatoms. The molecular formula is C9H15N3O3S. The van der Waals surface area contributed by atoms with Crippen molar-refractivity contribution < 1.29 is 13.6 Å². The number of hydrogen-bond acceptors (Lipinski definition) is 5. The van der Waals surface area contributed by atoms with Crippen molar-refractivity contribution in [3.8, 4) is 0 Å².